The molecule has 1 heterocycles. The highest BCUT2D eigenvalue weighted by molar-refractivity contribution is 7.99. The molecule has 0 radical (unpaired) electrons. The molecule has 0 aromatic rings. The van der Waals surface area contributed by atoms with Gasteiger partial charge in [-0.1, -0.05) is 20.8 Å². The van der Waals surface area contributed by atoms with Crippen LogP contribution in [0.3, 0.4) is 0 Å². The van der Waals surface area contributed by atoms with Crippen molar-refractivity contribution in [1.82, 2.24) is 10.2 Å². The van der Waals surface area contributed by atoms with E-state index < -0.39 is 11.9 Å². The Balaban J connectivity index is 2.42. The van der Waals surface area contributed by atoms with Gasteiger partial charge in [-0.05, 0) is 18.1 Å². The predicted octanol–water partition coefficient (Wildman–Crippen LogP) is 1.88. The lowest BCUT2D eigenvalue weighted by atomic mass is 9.91. The summed E-state index contributed by atoms with van der Waals surface area (Å²) in [4.78, 5) is 24.4. The zero-order valence-electron chi connectivity index (χ0n) is 12.1. The van der Waals surface area contributed by atoms with Gasteiger partial charge >= 0.3 is 12.0 Å². The first-order valence-electron chi connectivity index (χ1n) is 6.54. The maximum absolute atomic E-state index is 12.0. The number of rotatable bonds is 4. The van der Waals surface area contributed by atoms with Gasteiger partial charge in [0.15, 0.2) is 0 Å². The van der Waals surface area contributed by atoms with Crippen LogP contribution in [-0.2, 0) is 4.79 Å². The molecule has 2 atom stereocenters. The Hall–Kier alpha value is -0.910. The van der Waals surface area contributed by atoms with Gasteiger partial charge in [-0.3, -0.25) is 4.79 Å². The number of carbonyl (C=O) groups is 2. The predicted molar refractivity (Wildman–Crippen MR) is 77.5 cm³/mol. The zero-order chi connectivity index (χ0) is 14.6. The van der Waals surface area contributed by atoms with Crippen LogP contribution in [0.1, 0.15) is 27.2 Å². The first-order valence-corrected chi connectivity index (χ1v) is 7.83. The number of hydrogen-bond donors (Lipinski definition) is 2. The van der Waals surface area contributed by atoms with Crippen LogP contribution in [-0.4, -0.2) is 53.1 Å². The number of aliphatic carboxylic acids is 1. The van der Waals surface area contributed by atoms with Gasteiger partial charge in [-0.15, -0.1) is 0 Å². The number of nitrogens with one attached hydrogen (secondary N) is 1. The number of hydrogen-bond acceptors (Lipinski definition) is 3. The number of carboxylic acid groups (broad SMARTS) is 1. The second-order valence-electron chi connectivity index (χ2n) is 6.05. The van der Waals surface area contributed by atoms with E-state index in [9.17, 15) is 9.59 Å². The molecule has 0 spiro atoms. The molecule has 0 aliphatic carbocycles. The number of amides is 2. The molecule has 1 saturated heterocycles. The van der Waals surface area contributed by atoms with Gasteiger partial charge in [0.2, 0.25) is 0 Å². The minimum atomic E-state index is -0.813. The standard InChI is InChI=1S/C13H24N2O3S/c1-13(2,3)10(19-4)7-14-12(18)15-6-5-9(8-15)11(16)17/h9-10H,5-8H2,1-4H3,(H,14,18)(H,16,17). The van der Waals surface area contributed by atoms with Gasteiger partial charge in [-0.2, -0.15) is 11.8 Å². The van der Waals surface area contributed by atoms with Crippen LogP contribution >= 0.6 is 11.8 Å². The Morgan fingerprint density at radius 3 is 2.53 bits per heavy atom. The molecule has 2 N–H and O–H groups in total. The fourth-order valence-corrected chi connectivity index (χ4v) is 3.14. The van der Waals surface area contributed by atoms with Crippen molar-refractivity contribution in [1.29, 1.82) is 0 Å². The van der Waals surface area contributed by atoms with E-state index >= 15 is 0 Å². The molecule has 0 bridgehead atoms. The van der Waals surface area contributed by atoms with Crippen molar-refractivity contribution < 1.29 is 14.7 Å². The third-order valence-electron chi connectivity index (χ3n) is 3.51. The summed E-state index contributed by atoms with van der Waals surface area (Å²) in [5, 5.41) is 12.2. The SMILES string of the molecule is CSC(CNC(=O)N1CCC(C(=O)O)C1)C(C)(C)C. The normalized spacial score (nSPS) is 21.3. The molecule has 1 aliphatic rings. The van der Waals surface area contributed by atoms with Crippen LogP contribution in [0, 0.1) is 11.3 Å². The van der Waals surface area contributed by atoms with Crippen molar-refractivity contribution >= 4 is 23.8 Å². The van der Waals surface area contributed by atoms with E-state index in [-0.39, 0.29) is 11.4 Å². The monoisotopic (exact) mass is 288 g/mol. The summed E-state index contributed by atoms with van der Waals surface area (Å²) in [6.45, 7) is 7.91. The molecule has 6 heteroatoms. The van der Waals surface area contributed by atoms with Gasteiger partial charge in [0.25, 0.3) is 0 Å². The topological polar surface area (TPSA) is 69.6 Å². The number of nitrogens with zero attached hydrogens (tertiary/aromatic N) is 1. The maximum atomic E-state index is 12.0. The van der Waals surface area contributed by atoms with E-state index in [0.29, 0.717) is 31.3 Å². The highest BCUT2D eigenvalue weighted by atomic mass is 32.2. The van der Waals surface area contributed by atoms with E-state index in [1.807, 2.05) is 6.26 Å². The summed E-state index contributed by atoms with van der Waals surface area (Å²) in [7, 11) is 0. The van der Waals surface area contributed by atoms with E-state index in [4.69, 9.17) is 5.11 Å². The largest absolute Gasteiger partial charge is 0.481 e. The lowest BCUT2D eigenvalue weighted by Gasteiger charge is -2.30. The van der Waals surface area contributed by atoms with Crippen molar-refractivity contribution in [2.45, 2.75) is 32.4 Å². The number of likely N-dealkylation sites (tertiary alicyclic amines) is 1. The smallest absolute Gasteiger partial charge is 0.317 e. The summed E-state index contributed by atoms with van der Waals surface area (Å²) in [5.41, 5.74) is 0.126. The van der Waals surface area contributed by atoms with E-state index in [1.54, 1.807) is 16.7 Å². The van der Waals surface area contributed by atoms with Crippen LogP contribution in [0.2, 0.25) is 0 Å². The Morgan fingerprint density at radius 1 is 1.47 bits per heavy atom. The van der Waals surface area contributed by atoms with Crippen LogP contribution < -0.4 is 5.32 Å². The Kier molecular flexibility index (Phi) is 5.52. The molecule has 19 heavy (non-hydrogen) atoms. The lowest BCUT2D eigenvalue weighted by Crippen LogP contribution is -2.44. The van der Waals surface area contributed by atoms with Crippen LogP contribution in [0.4, 0.5) is 4.79 Å². The van der Waals surface area contributed by atoms with E-state index in [2.05, 4.69) is 26.1 Å². The van der Waals surface area contributed by atoms with Crippen molar-refractivity contribution in [2.24, 2.45) is 11.3 Å². The molecule has 110 valence electrons. The molecular weight excluding hydrogens is 264 g/mol. The molecule has 5 nitrogen and oxygen atoms in total. The van der Waals surface area contributed by atoms with E-state index in [1.165, 1.54) is 0 Å². The molecule has 1 aliphatic heterocycles. The Labute approximate surface area is 119 Å². The molecular formula is C13H24N2O3S. The van der Waals surface area contributed by atoms with E-state index in [0.717, 1.165) is 0 Å². The van der Waals surface area contributed by atoms with Crippen molar-refractivity contribution in [3.8, 4) is 0 Å². The fourth-order valence-electron chi connectivity index (χ4n) is 2.18. The first-order chi connectivity index (χ1) is 8.75. The van der Waals surface area contributed by atoms with Crippen LogP contribution in [0.5, 0.6) is 0 Å². The summed E-state index contributed by atoms with van der Waals surface area (Å²) >= 11 is 1.74. The van der Waals surface area contributed by atoms with Gasteiger partial charge < -0.3 is 15.3 Å². The summed E-state index contributed by atoms with van der Waals surface area (Å²) in [6.07, 6.45) is 2.59. The highest BCUT2D eigenvalue weighted by Gasteiger charge is 2.31. The molecule has 0 aromatic carbocycles. The third-order valence-corrected chi connectivity index (χ3v) is 4.96. The highest BCUT2D eigenvalue weighted by Crippen LogP contribution is 2.28. The Morgan fingerprint density at radius 2 is 2.11 bits per heavy atom. The zero-order valence-corrected chi connectivity index (χ0v) is 12.9. The number of carbonyl (C=O) groups excluding carboxylic acids is 1. The number of urea groups is 1. The van der Waals surface area contributed by atoms with Crippen molar-refractivity contribution in [3.05, 3.63) is 0 Å². The Bertz CT molecular complexity index is 341. The number of carboxylic acids is 1. The summed E-state index contributed by atoms with van der Waals surface area (Å²) < 4.78 is 0. The first kappa shape index (κ1) is 16.1. The molecule has 2 unspecified atom stereocenters. The lowest BCUT2D eigenvalue weighted by molar-refractivity contribution is -0.141. The third kappa shape index (κ3) is 4.60. The molecule has 0 saturated carbocycles. The molecule has 2 amide bonds. The van der Waals surface area contributed by atoms with Gasteiger partial charge in [0.05, 0.1) is 5.92 Å². The average molecular weight is 288 g/mol. The second-order valence-corrected chi connectivity index (χ2v) is 7.09. The minimum Gasteiger partial charge on any atom is -0.481 e. The van der Waals surface area contributed by atoms with Gasteiger partial charge in [0.1, 0.15) is 0 Å². The summed E-state index contributed by atoms with van der Waals surface area (Å²) in [5.74, 6) is -1.23. The summed E-state index contributed by atoms with van der Waals surface area (Å²) in [6, 6.07) is -0.146. The van der Waals surface area contributed by atoms with Crippen molar-refractivity contribution in [3.63, 3.8) is 0 Å². The van der Waals surface area contributed by atoms with Crippen molar-refractivity contribution in [2.75, 3.05) is 25.9 Å². The van der Waals surface area contributed by atoms with Gasteiger partial charge in [0, 0.05) is 24.9 Å². The quantitative estimate of drug-likeness (QED) is 0.828. The average Bonchev–Trinajstić information content (AvgIpc) is 2.77. The minimum absolute atomic E-state index is 0.126. The molecule has 1 fully saturated rings. The van der Waals surface area contributed by atoms with Crippen LogP contribution in [0.25, 0.3) is 0 Å². The molecule has 0 aromatic heterocycles. The molecule has 1 rings (SSSR count). The fraction of sp³-hybridized carbons (Fsp3) is 0.846. The van der Waals surface area contributed by atoms with Crippen LogP contribution in [0.15, 0.2) is 0 Å². The van der Waals surface area contributed by atoms with Gasteiger partial charge in [-0.25, -0.2) is 4.79 Å². The second kappa shape index (κ2) is 6.50. The number of thioether (sulfide) groups is 1. The maximum Gasteiger partial charge on any atom is 0.317 e.